The number of carbonyl (C=O) groups is 2. The summed E-state index contributed by atoms with van der Waals surface area (Å²) in [7, 11) is 0. The molecule has 0 aliphatic rings. The molecule has 0 saturated carbocycles. The zero-order chi connectivity index (χ0) is 27.3. The summed E-state index contributed by atoms with van der Waals surface area (Å²) in [5, 5.41) is 5.73. The number of esters is 1. The molecule has 9 heteroatoms. The van der Waals surface area contributed by atoms with E-state index in [0.717, 1.165) is 23.4 Å². The lowest BCUT2D eigenvalue weighted by molar-refractivity contribution is -0.137. The van der Waals surface area contributed by atoms with Crippen LogP contribution in [0.1, 0.15) is 71.4 Å². The standard InChI is InChI=1S/C28H36N2O6S/c1-8-9-10-18-12-19-24(34-14-20(25(19)31)22-15-37-17(4)29-22)13-23(18)35-26(32)21(11-16(2)3)30-27(33)36-28(5,6)7/h12-16,21H,8-11H2,1-7H3,(H,30,33). The average Bonchev–Trinajstić information content (AvgIpc) is 3.22. The summed E-state index contributed by atoms with van der Waals surface area (Å²) >= 11 is 1.46. The van der Waals surface area contributed by atoms with Gasteiger partial charge >= 0.3 is 12.1 Å². The van der Waals surface area contributed by atoms with Crippen LogP contribution in [-0.4, -0.2) is 28.7 Å². The van der Waals surface area contributed by atoms with E-state index in [9.17, 15) is 14.4 Å². The number of rotatable bonds is 9. The van der Waals surface area contributed by atoms with E-state index in [4.69, 9.17) is 13.9 Å². The van der Waals surface area contributed by atoms with Gasteiger partial charge in [0.05, 0.1) is 21.7 Å². The van der Waals surface area contributed by atoms with Crippen molar-refractivity contribution < 1.29 is 23.5 Å². The molecule has 0 radical (unpaired) electrons. The number of nitrogens with zero attached hydrogens (tertiary/aromatic N) is 1. The third-order valence-corrected chi connectivity index (χ3v) is 6.32. The molecule has 0 spiro atoms. The number of alkyl carbamates (subject to hydrolysis) is 1. The first-order valence-corrected chi connectivity index (χ1v) is 13.5. The van der Waals surface area contributed by atoms with E-state index in [-0.39, 0.29) is 11.3 Å². The van der Waals surface area contributed by atoms with E-state index >= 15 is 0 Å². The van der Waals surface area contributed by atoms with Gasteiger partial charge in [0, 0.05) is 11.4 Å². The Morgan fingerprint density at radius 1 is 1.22 bits per heavy atom. The first-order valence-electron chi connectivity index (χ1n) is 12.6. The lowest BCUT2D eigenvalue weighted by Gasteiger charge is -2.24. The molecule has 8 nitrogen and oxygen atoms in total. The van der Waals surface area contributed by atoms with Gasteiger partial charge in [-0.1, -0.05) is 27.2 Å². The number of nitrogens with one attached hydrogen (secondary N) is 1. The Bertz CT molecular complexity index is 1320. The van der Waals surface area contributed by atoms with Gasteiger partial charge in [-0.3, -0.25) is 4.79 Å². The molecular formula is C28H36N2O6S. The SMILES string of the molecule is CCCCc1cc2c(=O)c(-c3csc(C)n3)coc2cc1OC(=O)C(CC(C)C)NC(=O)OC(C)(C)C. The molecule has 3 aromatic rings. The number of aryl methyl sites for hydroxylation is 2. The number of aromatic nitrogens is 1. The smallest absolute Gasteiger partial charge is 0.408 e. The number of amides is 1. The maximum atomic E-state index is 13.3. The predicted molar refractivity (Wildman–Crippen MR) is 145 cm³/mol. The van der Waals surface area contributed by atoms with E-state index in [1.165, 1.54) is 17.6 Å². The van der Waals surface area contributed by atoms with Crippen LogP contribution in [0.2, 0.25) is 0 Å². The summed E-state index contributed by atoms with van der Waals surface area (Å²) in [5.41, 5.74) is 1.11. The Morgan fingerprint density at radius 2 is 1.95 bits per heavy atom. The summed E-state index contributed by atoms with van der Waals surface area (Å²) in [6.45, 7) is 13.1. The zero-order valence-electron chi connectivity index (χ0n) is 22.6. The molecule has 0 aliphatic heterocycles. The normalized spacial score (nSPS) is 12.5. The van der Waals surface area contributed by atoms with Crippen molar-refractivity contribution in [1.82, 2.24) is 10.3 Å². The molecule has 37 heavy (non-hydrogen) atoms. The van der Waals surface area contributed by atoms with Crippen molar-refractivity contribution in [2.45, 2.75) is 85.8 Å². The first-order chi connectivity index (χ1) is 17.4. The van der Waals surface area contributed by atoms with Gasteiger partial charge in [-0.25, -0.2) is 14.6 Å². The Morgan fingerprint density at radius 3 is 2.54 bits per heavy atom. The maximum absolute atomic E-state index is 13.3. The quantitative estimate of drug-likeness (QED) is 0.252. The maximum Gasteiger partial charge on any atom is 0.408 e. The monoisotopic (exact) mass is 528 g/mol. The summed E-state index contributed by atoms with van der Waals surface area (Å²) in [6.07, 6.45) is 3.47. The molecule has 1 N–H and O–H groups in total. The molecule has 2 aromatic heterocycles. The Balaban J connectivity index is 1.96. The number of ether oxygens (including phenoxy) is 2. The lowest BCUT2D eigenvalue weighted by Crippen LogP contribution is -2.45. The van der Waals surface area contributed by atoms with Gasteiger partial charge in [-0.2, -0.15) is 0 Å². The number of benzene rings is 1. The van der Waals surface area contributed by atoms with Crippen LogP contribution in [0, 0.1) is 12.8 Å². The first kappa shape index (κ1) is 28.4. The molecule has 0 aliphatic carbocycles. The van der Waals surface area contributed by atoms with E-state index < -0.39 is 23.7 Å². The minimum absolute atomic E-state index is 0.120. The van der Waals surface area contributed by atoms with Crippen LogP contribution in [0.25, 0.3) is 22.2 Å². The second kappa shape index (κ2) is 11.9. The molecule has 1 atom stereocenters. The molecule has 2 heterocycles. The molecule has 1 amide bonds. The van der Waals surface area contributed by atoms with Crippen molar-refractivity contribution in [1.29, 1.82) is 0 Å². The average molecular weight is 529 g/mol. The van der Waals surface area contributed by atoms with Crippen molar-refractivity contribution in [3.8, 4) is 17.0 Å². The Hall–Kier alpha value is -3.20. The van der Waals surface area contributed by atoms with Crippen molar-refractivity contribution >= 4 is 34.4 Å². The van der Waals surface area contributed by atoms with E-state index in [1.54, 1.807) is 32.9 Å². The van der Waals surface area contributed by atoms with Crippen molar-refractivity contribution in [3.05, 3.63) is 44.6 Å². The van der Waals surface area contributed by atoms with E-state index in [1.807, 2.05) is 26.2 Å². The second-order valence-corrected chi connectivity index (χ2v) is 11.6. The number of thiazole rings is 1. The zero-order valence-corrected chi connectivity index (χ0v) is 23.4. The lowest BCUT2D eigenvalue weighted by atomic mass is 10.0. The molecule has 200 valence electrons. The number of fused-ring (bicyclic) bond motifs is 1. The van der Waals surface area contributed by atoms with Crippen molar-refractivity contribution in [2.75, 3.05) is 0 Å². The van der Waals surface area contributed by atoms with Crippen LogP contribution in [-0.2, 0) is 16.0 Å². The minimum atomic E-state index is -0.896. The number of hydrogen-bond donors (Lipinski definition) is 1. The molecule has 0 saturated heterocycles. The highest BCUT2D eigenvalue weighted by atomic mass is 32.1. The van der Waals surface area contributed by atoms with Gasteiger partial charge in [-0.05, 0) is 64.5 Å². The van der Waals surface area contributed by atoms with Crippen molar-refractivity contribution in [3.63, 3.8) is 0 Å². The molecule has 0 fully saturated rings. The van der Waals surface area contributed by atoms with Crippen LogP contribution in [0.3, 0.4) is 0 Å². The number of hydrogen-bond acceptors (Lipinski definition) is 8. The summed E-state index contributed by atoms with van der Waals surface area (Å²) < 4.78 is 17.0. The van der Waals surface area contributed by atoms with Crippen LogP contribution >= 0.6 is 11.3 Å². The summed E-state index contributed by atoms with van der Waals surface area (Å²) in [4.78, 5) is 43.3. The Kier molecular flexibility index (Phi) is 9.12. The minimum Gasteiger partial charge on any atom is -0.463 e. The molecule has 1 unspecified atom stereocenters. The van der Waals surface area contributed by atoms with Crippen LogP contribution in [0.15, 0.2) is 33.0 Å². The fraction of sp³-hybridized carbons (Fsp3) is 0.500. The highest BCUT2D eigenvalue weighted by Gasteiger charge is 2.28. The Labute approximate surface area is 221 Å². The fourth-order valence-electron chi connectivity index (χ4n) is 3.84. The third-order valence-electron chi connectivity index (χ3n) is 5.54. The second-order valence-electron chi connectivity index (χ2n) is 10.5. The third kappa shape index (κ3) is 7.64. The van der Waals surface area contributed by atoms with Crippen LogP contribution < -0.4 is 15.5 Å². The topological polar surface area (TPSA) is 108 Å². The van der Waals surface area contributed by atoms with Gasteiger partial charge in [0.2, 0.25) is 5.43 Å². The van der Waals surface area contributed by atoms with E-state index in [0.29, 0.717) is 40.8 Å². The number of unbranched alkanes of at least 4 members (excludes halogenated alkanes) is 1. The molecule has 0 bridgehead atoms. The number of carbonyl (C=O) groups excluding carboxylic acids is 2. The van der Waals surface area contributed by atoms with E-state index in [2.05, 4.69) is 17.2 Å². The largest absolute Gasteiger partial charge is 0.463 e. The van der Waals surface area contributed by atoms with Gasteiger partial charge in [0.1, 0.15) is 29.2 Å². The van der Waals surface area contributed by atoms with Crippen LogP contribution in [0.5, 0.6) is 5.75 Å². The van der Waals surface area contributed by atoms with Gasteiger partial charge in [0.15, 0.2) is 0 Å². The summed E-state index contributed by atoms with van der Waals surface area (Å²) in [5.74, 6) is -0.172. The van der Waals surface area contributed by atoms with Gasteiger partial charge < -0.3 is 19.2 Å². The van der Waals surface area contributed by atoms with Crippen LogP contribution in [0.4, 0.5) is 4.79 Å². The predicted octanol–water partition coefficient (Wildman–Crippen LogP) is 6.41. The van der Waals surface area contributed by atoms with Gasteiger partial charge in [0.25, 0.3) is 0 Å². The summed E-state index contributed by atoms with van der Waals surface area (Å²) in [6, 6.07) is 2.42. The highest BCUT2D eigenvalue weighted by molar-refractivity contribution is 7.09. The molecule has 1 aromatic carbocycles. The van der Waals surface area contributed by atoms with Gasteiger partial charge in [-0.15, -0.1) is 11.3 Å². The fourth-order valence-corrected chi connectivity index (χ4v) is 4.45. The van der Waals surface area contributed by atoms with Crippen molar-refractivity contribution in [2.24, 2.45) is 5.92 Å². The highest BCUT2D eigenvalue weighted by Crippen LogP contribution is 2.29. The molecular weight excluding hydrogens is 492 g/mol. The molecule has 3 rings (SSSR count).